The second-order valence-corrected chi connectivity index (χ2v) is 6.30. The van der Waals surface area contributed by atoms with Gasteiger partial charge in [0.1, 0.15) is 17.4 Å². The van der Waals surface area contributed by atoms with Crippen molar-refractivity contribution < 1.29 is 4.74 Å². The minimum Gasteiger partial charge on any atom is -0.440 e. The van der Waals surface area contributed by atoms with E-state index in [-0.39, 0.29) is 17.0 Å². The first-order valence-electron chi connectivity index (χ1n) is 7.08. The minimum atomic E-state index is -0.778. The van der Waals surface area contributed by atoms with Gasteiger partial charge in [-0.2, -0.15) is 5.26 Å². The zero-order valence-corrected chi connectivity index (χ0v) is 14.4. The van der Waals surface area contributed by atoms with E-state index in [1.165, 1.54) is 4.57 Å². The molecule has 0 amide bonds. The molecule has 1 aliphatic rings. The molecule has 1 aromatic heterocycles. The van der Waals surface area contributed by atoms with Gasteiger partial charge in [-0.3, -0.25) is 4.79 Å². The Morgan fingerprint density at radius 2 is 1.92 bits per heavy atom. The van der Waals surface area contributed by atoms with Crippen LogP contribution in [0.25, 0.3) is 0 Å². The van der Waals surface area contributed by atoms with E-state index in [1.54, 1.807) is 38.2 Å². The summed E-state index contributed by atoms with van der Waals surface area (Å²) in [4.78, 5) is 12.8. The van der Waals surface area contributed by atoms with Crippen molar-refractivity contribution in [3.05, 3.63) is 72.9 Å². The summed E-state index contributed by atoms with van der Waals surface area (Å²) < 4.78 is 7.00. The van der Waals surface area contributed by atoms with Crippen LogP contribution in [0.3, 0.4) is 0 Å². The maximum atomic E-state index is 12.8. The highest BCUT2D eigenvalue weighted by Gasteiger charge is 2.36. The van der Waals surface area contributed by atoms with Gasteiger partial charge in [-0.05, 0) is 19.1 Å². The summed E-state index contributed by atoms with van der Waals surface area (Å²) in [5, 5.41) is 10.3. The first kappa shape index (κ1) is 16.4. The molecule has 7 heteroatoms. The van der Waals surface area contributed by atoms with Gasteiger partial charge in [-0.25, -0.2) is 0 Å². The lowest BCUT2D eigenvalue weighted by Crippen LogP contribution is -2.31. The van der Waals surface area contributed by atoms with Gasteiger partial charge >= 0.3 is 0 Å². The number of aryl methyl sites for hydroxylation is 1. The quantitative estimate of drug-likeness (QED) is 0.845. The first-order chi connectivity index (χ1) is 11.4. The third kappa shape index (κ3) is 2.35. The summed E-state index contributed by atoms with van der Waals surface area (Å²) in [6.07, 6.45) is 0. The van der Waals surface area contributed by atoms with Crippen molar-refractivity contribution in [3.8, 4) is 11.8 Å². The molecule has 1 aliphatic heterocycles. The maximum Gasteiger partial charge on any atom is 0.258 e. The number of nitrogens with two attached hydrogens (primary N) is 1. The van der Waals surface area contributed by atoms with Crippen LogP contribution in [-0.2, 0) is 7.05 Å². The third-order valence-electron chi connectivity index (χ3n) is 4.14. The summed E-state index contributed by atoms with van der Waals surface area (Å²) in [6, 6.07) is 8.73. The average molecular weight is 362 g/mol. The first-order valence-corrected chi connectivity index (χ1v) is 7.84. The van der Waals surface area contributed by atoms with Gasteiger partial charge in [0.05, 0.1) is 11.5 Å². The van der Waals surface area contributed by atoms with Crippen LogP contribution < -0.4 is 16.0 Å². The lowest BCUT2D eigenvalue weighted by Gasteiger charge is -2.27. The van der Waals surface area contributed by atoms with Crippen LogP contribution in [0.4, 0.5) is 0 Å². The van der Waals surface area contributed by atoms with Gasteiger partial charge in [-0.1, -0.05) is 29.3 Å². The van der Waals surface area contributed by atoms with Crippen LogP contribution in [0.1, 0.15) is 22.7 Å². The molecule has 1 aromatic carbocycles. The summed E-state index contributed by atoms with van der Waals surface area (Å²) in [7, 11) is 1.65. The van der Waals surface area contributed by atoms with Crippen molar-refractivity contribution in [2.75, 3.05) is 0 Å². The number of halogens is 2. The minimum absolute atomic E-state index is 0.0568. The van der Waals surface area contributed by atoms with Crippen molar-refractivity contribution in [3.63, 3.8) is 0 Å². The Bertz CT molecular complexity index is 966. The second-order valence-electron chi connectivity index (χ2n) is 5.49. The fraction of sp³-hybridized carbons (Fsp3) is 0.176. The largest absolute Gasteiger partial charge is 0.440 e. The maximum absolute atomic E-state index is 12.8. The molecule has 0 unspecified atom stereocenters. The number of allylic oxidation sites excluding steroid dienone is 1. The molecule has 2 aromatic rings. The lowest BCUT2D eigenvalue weighted by molar-refractivity contribution is 0.389. The molecule has 0 radical (unpaired) electrons. The van der Waals surface area contributed by atoms with E-state index in [0.717, 1.165) is 0 Å². The van der Waals surface area contributed by atoms with E-state index in [1.807, 2.05) is 6.07 Å². The molecule has 2 N–H and O–H groups in total. The van der Waals surface area contributed by atoms with E-state index in [2.05, 4.69) is 0 Å². The van der Waals surface area contributed by atoms with Crippen LogP contribution in [-0.4, -0.2) is 4.57 Å². The van der Waals surface area contributed by atoms with Gasteiger partial charge in [0, 0.05) is 34.4 Å². The van der Waals surface area contributed by atoms with Gasteiger partial charge in [0.2, 0.25) is 5.88 Å². The number of ether oxygens (including phenoxy) is 1. The summed E-state index contributed by atoms with van der Waals surface area (Å²) in [5.74, 6) is -0.522. The zero-order chi connectivity index (χ0) is 17.6. The third-order valence-corrected chi connectivity index (χ3v) is 4.80. The molecule has 0 bridgehead atoms. The van der Waals surface area contributed by atoms with Crippen LogP contribution in [0.5, 0.6) is 5.75 Å². The smallest absolute Gasteiger partial charge is 0.258 e. The highest BCUT2D eigenvalue weighted by molar-refractivity contribution is 6.36. The molecule has 3 rings (SSSR count). The Morgan fingerprint density at radius 1 is 1.29 bits per heavy atom. The standard InChI is InChI=1S/C17H13Cl2N3O2/c1-8-6-12-15(17(23)22(8)2)13(9(7-20)16(21)24-12)14-10(18)4-3-5-11(14)19/h3-6,13H,21H2,1-2H3/t13-/m1/s1. The molecule has 5 nitrogen and oxygen atoms in total. The molecule has 122 valence electrons. The number of hydrogen-bond donors (Lipinski definition) is 1. The van der Waals surface area contributed by atoms with E-state index in [4.69, 9.17) is 33.7 Å². The zero-order valence-electron chi connectivity index (χ0n) is 12.9. The fourth-order valence-electron chi connectivity index (χ4n) is 2.82. The SMILES string of the molecule is Cc1cc2c(c(=O)n1C)[C@@H](c1c(Cl)cccc1Cl)C(C#N)=C(N)O2. The second kappa shape index (κ2) is 5.90. The van der Waals surface area contributed by atoms with E-state index >= 15 is 0 Å². The Balaban J connectivity index is 2.43. The Labute approximate surface area is 148 Å². The highest BCUT2D eigenvalue weighted by Crippen LogP contribution is 2.45. The van der Waals surface area contributed by atoms with Gasteiger partial charge in [0.15, 0.2) is 0 Å². The molecular formula is C17H13Cl2N3O2. The van der Waals surface area contributed by atoms with Crippen LogP contribution in [0.15, 0.2) is 40.5 Å². The predicted octanol–water partition coefficient (Wildman–Crippen LogP) is 3.22. The van der Waals surface area contributed by atoms with Crippen LogP contribution >= 0.6 is 23.2 Å². The number of nitriles is 1. The Morgan fingerprint density at radius 3 is 2.50 bits per heavy atom. The summed E-state index contributed by atoms with van der Waals surface area (Å²) in [6.45, 7) is 1.78. The number of pyridine rings is 1. The molecule has 0 saturated heterocycles. The van der Waals surface area contributed by atoms with Gasteiger partial charge in [0.25, 0.3) is 5.56 Å². The number of aromatic nitrogens is 1. The normalized spacial score (nSPS) is 16.4. The Kier molecular flexibility index (Phi) is 4.04. The number of hydrogen-bond acceptors (Lipinski definition) is 4. The van der Waals surface area contributed by atoms with E-state index in [0.29, 0.717) is 32.6 Å². The number of fused-ring (bicyclic) bond motifs is 1. The molecule has 2 heterocycles. The van der Waals surface area contributed by atoms with Crippen molar-refractivity contribution >= 4 is 23.2 Å². The monoisotopic (exact) mass is 361 g/mol. The number of nitrogens with zero attached hydrogens (tertiary/aromatic N) is 2. The summed E-state index contributed by atoms with van der Waals surface area (Å²) in [5.41, 5.74) is 7.20. The molecule has 1 atom stereocenters. The van der Waals surface area contributed by atoms with Crippen LogP contribution in [0.2, 0.25) is 10.0 Å². The van der Waals surface area contributed by atoms with Gasteiger partial charge in [-0.15, -0.1) is 0 Å². The molecule has 0 saturated carbocycles. The highest BCUT2D eigenvalue weighted by atomic mass is 35.5. The van der Waals surface area contributed by atoms with Crippen molar-refractivity contribution in [1.82, 2.24) is 4.57 Å². The van der Waals surface area contributed by atoms with Crippen molar-refractivity contribution in [2.45, 2.75) is 12.8 Å². The van der Waals surface area contributed by atoms with Crippen molar-refractivity contribution in [1.29, 1.82) is 5.26 Å². The predicted molar refractivity (Wildman–Crippen MR) is 92.2 cm³/mol. The molecule has 0 spiro atoms. The fourth-order valence-corrected chi connectivity index (χ4v) is 3.43. The van der Waals surface area contributed by atoms with E-state index in [9.17, 15) is 10.1 Å². The van der Waals surface area contributed by atoms with E-state index < -0.39 is 5.92 Å². The molecule has 0 fully saturated rings. The lowest BCUT2D eigenvalue weighted by atomic mass is 9.84. The molecule has 24 heavy (non-hydrogen) atoms. The molecule has 0 aliphatic carbocycles. The van der Waals surface area contributed by atoms with Gasteiger partial charge < -0.3 is 15.0 Å². The topological polar surface area (TPSA) is 81.0 Å². The van der Waals surface area contributed by atoms with Crippen LogP contribution in [0, 0.1) is 18.3 Å². The number of rotatable bonds is 1. The number of benzene rings is 1. The summed E-state index contributed by atoms with van der Waals surface area (Å²) >= 11 is 12.6. The molecular weight excluding hydrogens is 349 g/mol. The average Bonchev–Trinajstić information content (AvgIpc) is 2.52. The van der Waals surface area contributed by atoms with Crippen molar-refractivity contribution in [2.24, 2.45) is 12.8 Å². The Hall–Kier alpha value is -2.42.